The molecule has 1 unspecified atom stereocenters. The van der Waals surface area contributed by atoms with Crippen molar-refractivity contribution in [1.29, 1.82) is 5.26 Å². The van der Waals surface area contributed by atoms with E-state index in [1.165, 1.54) is 18.2 Å². The molecule has 1 rings (SSSR count). The van der Waals surface area contributed by atoms with Crippen LogP contribution < -0.4 is 10.5 Å². The van der Waals surface area contributed by atoms with Crippen molar-refractivity contribution in [1.82, 2.24) is 4.72 Å². The van der Waals surface area contributed by atoms with Gasteiger partial charge in [-0.05, 0) is 31.0 Å². The Bertz CT molecular complexity index is 576. The van der Waals surface area contributed by atoms with Gasteiger partial charge in [-0.25, -0.2) is 13.1 Å². The predicted molar refractivity (Wildman–Crippen MR) is 74.9 cm³/mol. The number of hydrogen-bond donors (Lipinski definition) is 2. The Morgan fingerprint density at radius 3 is 2.63 bits per heavy atom. The minimum Gasteiger partial charge on any atom is -0.399 e. The van der Waals surface area contributed by atoms with Crippen LogP contribution in [0.1, 0.15) is 38.7 Å². The van der Waals surface area contributed by atoms with E-state index in [9.17, 15) is 8.42 Å². The van der Waals surface area contributed by atoms with E-state index in [1.54, 1.807) is 0 Å². The quantitative estimate of drug-likeness (QED) is 0.779. The zero-order valence-electron chi connectivity index (χ0n) is 11.2. The van der Waals surface area contributed by atoms with Crippen molar-refractivity contribution in [3.63, 3.8) is 0 Å². The Kier molecular flexibility index (Phi) is 5.33. The van der Waals surface area contributed by atoms with Crippen LogP contribution in [0.4, 0.5) is 5.69 Å². The molecule has 0 spiro atoms. The van der Waals surface area contributed by atoms with Crippen LogP contribution in [-0.4, -0.2) is 14.5 Å². The van der Waals surface area contributed by atoms with Gasteiger partial charge in [-0.3, -0.25) is 0 Å². The Hall–Kier alpha value is -1.58. The number of nitrogens with zero attached hydrogens (tertiary/aromatic N) is 1. The molecule has 0 radical (unpaired) electrons. The van der Waals surface area contributed by atoms with Gasteiger partial charge in [0.15, 0.2) is 0 Å². The first-order chi connectivity index (χ1) is 8.94. The van der Waals surface area contributed by atoms with Gasteiger partial charge >= 0.3 is 0 Å². The molecule has 3 N–H and O–H groups in total. The first kappa shape index (κ1) is 15.5. The minimum absolute atomic E-state index is 0.0150. The molecule has 0 saturated heterocycles. The average Bonchev–Trinajstić information content (AvgIpc) is 2.37. The first-order valence-electron chi connectivity index (χ1n) is 6.26. The molecule has 104 valence electrons. The third kappa shape index (κ3) is 3.94. The lowest BCUT2D eigenvalue weighted by atomic mass is 10.1. The zero-order valence-corrected chi connectivity index (χ0v) is 12.0. The van der Waals surface area contributed by atoms with E-state index in [-0.39, 0.29) is 16.5 Å². The fourth-order valence-corrected chi connectivity index (χ4v) is 3.34. The topological polar surface area (TPSA) is 96.0 Å². The summed E-state index contributed by atoms with van der Waals surface area (Å²) in [4.78, 5) is -0.0150. The van der Waals surface area contributed by atoms with Gasteiger partial charge in [0.05, 0.1) is 10.5 Å². The second-order valence-corrected chi connectivity index (χ2v) is 6.06. The van der Waals surface area contributed by atoms with Crippen molar-refractivity contribution in [3.05, 3.63) is 23.8 Å². The van der Waals surface area contributed by atoms with Crippen LogP contribution >= 0.6 is 0 Å². The maximum absolute atomic E-state index is 12.3. The van der Waals surface area contributed by atoms with Crippen molar-refractivity contribution in [2.24, 2.45) is 0 Å². The van der Waals surface area contributed by atoms with E-state index in [2.05, 4.69) is 4.72 Å². The predicted octanol–water partition coefficient (Wildman–Crippen LogP) is 2.00. The fourth-order valence-electron chi connectivity index (χ4n) is 1.85. The van der Waals surface area contributed by atoms with E-state index in [4.69, 9.17) is 11.0 Å². The number of hydrogen-bond acceptors (Lipinski definition) is 4. The van der Waals surface area contributed by atoms with E-state index in [1.807, 2.05) is 19.9 Å². The van der Waals surface area contributed by atoms with Crippen molar-refractivity contribution in [2.45, 2.75) is 44.0 Å². The second kappa shape index (κ2) is 6.55. The summed E-state index contributed by atoms with van der Waals surface area (Å²) >= 11 is 0. The SMILES string of the molecule is CCCC(CC)NS(=O)(=O)c1ccc(N)cc1C#N. The number of nitrogens with two attached hydrogens (primary N) is 1. The Labute approximate surface area is 114 Å². The van der Waals surface area contributed by atoms with Crippen LogP contribution in [0, 0.1) is 11.3 Å². The highest BCUT2D eigenvalue weighted by Crippen LogP contribution is 2.19. The highest BCUT2D eigenvalue weighted by molar-refractivity contribution is 7.89. The molecular formula is C13H19N3O2S. The van der Waals surface area contributed by atoms with Crippen molar-refractivity contribution < 1.29 is 8.42 Å². The van der Waals surface area contributed by atoms with Crippen molar-refractivity contribution >= 4 is 15.7 Å². The molecule has 1 atom stereocenters. The molecule has 6 heteroatoms. The molecule has 5 nitrogen and oxygen atoms in total. The Balaban J connectivity index is 3.10. The number of anilines is 1. The summed E-state index contributed by atoms with van der Waals surface area (Å²) in [7, 11) is -3.68. The lowest BCUT2D eigenvalue weighted by Crippen LogP contribution is -2.34. The normalized spacial score (nSPS) is 12.9. The summed E-state index contributed by atoms with van der Waals surface area (Å²) in [6.07, 6.45) is 2.38. The second-order valence-electron chi connectivity index (χ2n) is 4.38. The summed E-state index contributed by atoms with van der Waals surface area (Å²) in [5.74, 6) is 0. The molecule has 0 heterocycles. The minimum atomic E-state index is -3.68. The maximum Gasteiger partial charge on any atom is 0.242 e. The number of nitrogen functional groups attached to an aromatic ring is 1. The monoisotopic (exact) mass is 281 g/mol. The molecule has 0 saturated carbocycles. The van der Waals surface area contributed by atoms with Crippen LogP contribution in [0.3, 0.4) is 0 Å². The standard InChI is InChI=1S/C13H19N3O2S/c1-3-5-12(4-2)16-19(17,18)13-7-6-11(15)8-10(13)9-14/h6-8,12,16H,3-5,15H2,1-2H3. The number of benzene rings is 1. The van der Waals surface area contributed by atoms with Gasteiger partial charge in [-0.15, -0.1) is 0 Å². The lowest BCUT2D eigenvalue weighted by molar-refractivity contribution is 0.512. The summed E-state index contributed by atoms with van der Waals surface area (Å²) in [6, 6.07) is 5.98. The summed E-state index contributed by atoms with van der Waals surface area (Å²) < 4.78 is 27.2. The fraction of sp³-hybridized carbons (Fsp3) is 0.462. The molecule has 1 aromatic carbocycles. The van der Waals surface area contributed by atoms with Gasteiger partial charge in [-0.2, -0.15) is 5.26 Å². The summed E-state index contributed by atoms with van der Waals surface area (Å²) in [5, 5.41) is 9.00. The highest BCUT2D eigenvalue weighted by atomic mass is 32.2. The van der Waals surface area contributed by atoms with Gasteiger partial charge < -0.3 is 5.73 Å². The number of rotatable bonds is 6. The Morgan fingerprint density at radius 1 is 1.42 bits per heavy atom. The zero-order chi connectivity index (χ0) is 14.5. The maximum atomic E-state index is 12.3. The highest BCUT2D eigenvalue weighted by Gasteiger charge is 2.21. The van der Waals surface area contributed by atoms with E-state index < -0.39 is 10.0 Å². The number of sulfonamides is 1. The third-order valence-corrected chi connectivity index (χ3v) is 4.44. The molecule has 0 fully saturated rings. The van der Waals surface area contributed by atoms with Crippen LogP contribution in [-0.2, 0) is 10.0 Å². The van der Waals surface area contributed by atoms with Crippen LogP contribution in [0.2, 0.25) is 0 Å². The molecule has 0 aliphatic carbocycles. The summed E-state index contributed by atoms with van der Waals surface area (Å²) in [6.45, 7) is 3.93. The van der Waals surface area contributed by atoms with E-state index in [0.717, 1.165) is 12.8 Å². The van der Waals surface area contributed by atoms with E-state index >= 15 is 0 Å². The number of nitriles is 1. The average molecular weight is 281 g/mol. The van der Waals surface area contributed by atoms with Gasteiger partial charge in [0, 0.05) is 11.7 Å². The smallest absolute Gasteiger partial charge is 0.242 e. The van der Waals surface area contributed by atoms with Crippen molar-refractivity contribution in [2.75, 3.05) is 5.73 Å². The van der Waals surface area contributed by atoms with Gasteiger partial charge in [0.1, 0.15) is 6.07 Å². The van der Waals surface area contributed by atoms with Gasteiger partial charge in [0.2, 0.25) is 10.0 Å². The molecule has 0 aliphatic heterocycles. The lowest BCUT2D eigenvalue weighted by Gasteiger charge is -2.16. The van der Waals surface area contributed by atoms with Crippen LogP contribution in [0.25, 0.3) is 0 Å². The molecule has 19 heavy (non-hydrogen) atoms. The van der Waals surface area contributed by atoms with Gasteiger partial charge in [-0.1, -0.05) is 20.3 Å². The largest absolute Gasteiger partial charge is 0.399 e. The molecular weight excluding hydrogens is 262 g/mol. The molecule has 0 bridgehead atoms. The molecule has 0 amide bonds. The Morgan fingerprint density at radius 2 is 2.11 bits per heavy atom. The molecule has 0 aliphatic rings. The van der Waals surface area contributed by atoms with E-state index in [0.29, 0.717) is 12.1 Å². The van der Waals surface area contributed by atoms with Crippen LogP contribution in [0.5, 0.6) is 0 Å². The first-order valence-corrected chi connectivity index (χ1v) is 7.74. The molecule has 1 aromatic rings. The summed E-state index contributed by atoms with van der Waals surface area (Å²) in [5.41, 5.74) is 5.99. The van der Waals surface area contributed by atoms with Gasteiger partial charge in [0.25, 0.3) is 0 Å². The third-order valence-electron chi connectivity index (χ3n) is 2.87. The van der Waals surface area contributed by atoms with Crippen LogP contribution in [0.15, 0.2) is 23.1 Å². The molecule has 0 aromatic heterocycles. The number of nitrogens with one attached hydrogen (secondary N) is 1. The van der Waals surface area contributed by atoms with Crippen molar-refractivity contribution in [3.8, 4) is 6.07 Å².